The van der Waals surface area contributed by atoms with E-state index in [-0.39, 0.29) is 11.9 Å². The molecule has 2 aromatic heterocycles. The van der Waals surface area contributed by atoms with Crippen LogP contribution in [-0.4, -0.2) is 21.1 Å². The van der Waals surface area contributed by atoms with Crippen molar-refractivity contribution in [3.8, 4) is 11.5 Å². The van der Waals surface area contributed by atoms with Gasteiger partial charge in [-0.15, -0.1) is 5.10 Å². The average molecular weight is 332 g/mol. The summed E-state index contributed by atoms with van der Waals surface area (Å²) in [7, 11) is 0. The predicted molar refractivity (Wildman–Crippen MR) is 95.5 cm³/mol. The van der Waals surface area contributed by atoms with Crippen molar-refractivity contribution in [1.82, 2.24) is 15.2 Å². The van der Waals surface area contributed by atoms with Gasteiger partial charge >= 0.3 is 6.01 Å². The van der Waals surface area contributed by atoms with E-state index in [9.17, 15) is 4.79 Å². The first kappa shape index (κ1) is 15.1. The van der Waals surface area contributed by atoms with Crippen molar-refractivity contribution in [2.24, 2.45) is 0 Å². The Kier molecular flexibility index (Phi) is 3.57. The second-order valence-corrected chi connectivity index (χ2v) is 5.99. The number of amides is 1. The normalized spacial score (nSPS) is 11.0. The number of aromatic nitrogens is 3. The summed E-state index contributed by atoms with van der Waals surface area (Å²) in [6.07, 6.45) is 1.67. The summed E-state index contributed by atoms with van der Waals surface area (Å²) in [5, 5.41) is 11.4. The van der Waals surface area contributed by atoms with E-state index in [1.165, 1.54) is 0 Å². The van der Waals surface area contributed by atoms with Crippen LogP contribution < -0.4 is 5.32 Å². The smallest absolute Gasteiger partial charge is 0.322 e. The molecule has 0 aliphatic carbocycles. The monoisotopic (exact) mass is 332 g/mol. The lowest BCUT2D eigenvalue weighted by molar-refractivity contribution is 0.102. The Morgan fingerprint density at radius 3 is 2.64 bits per heavy atom. The van der Waals surface area contributed by atoms with Gasteiger partial charge < -0.3 is 9.40 Å². The molecular weight excluding hydrogens is 316 g/mol. The van der Waals surface area contributed by atoms with Crippen LogP contribution in [0.5, 0.6) is 0 Å². The Morgan fingerprint density at radius 1 is 1.08 bits per heavy atom. The summed E-state index contributed by atoms with van der Waals surface area (Å²) in [5.41, 5.74) is 4.48. The lowest BCUT2D eigenvalue weighted by Gasteiger charge is -2.01. The van der Waals surface area contributed by atoms with E-state index in [1.54, 1.807) is 6.20 Å². The number of anilines is 1. The van der Waals surface area contributed by atoms with E-state index in [1.807, 2.05) is 50.2 Å². The van der Waals surface area contributed by atoms with Gasteiger partial charge in [0.05, 0.1) is 5.56 Å². The molecule has 0 aliphatic heterocycles. The third-order valence-corrected chi connectivity index (χ3v) is 3.95. The summed E-state index contributed by atoms with van der Waals surface area (Å²) < 4.78 is 5.60. The summed E-state index contributed by atoms with van der Waals surface area (Å²) in [4.78, 5) is 15.6. The molecule has 4 aromatic rings. The summed E-state index contributed by atoms with van der Waals surface area (Å²) in [6, 6.07) is 13.7. The van der Waals surface area contributed by atoms with Crippen molar-refractivity contribution in [2.75, 3.05) is 5.32 Å². The van der Waals surface area contributed by atoms with Gasteiger partial charge in [-0.25, -0.2) is 0 Å². The summed E-state index contributed by atoms with van der Waals surface area (Å²) >= 11 is 0. The molecule has 0 unspecified atom stereocenters. The first-order chi connectivity index (χ1) is 12.1. The van der Waals surface area contributed by atoms with Crippen molar-refractivity contribution in [3.63, 3.8) is 0 Å². The second kappa shape index (κ2) is 5.90. The molecule has 2 N–H and O–H groups in total. The standard InChI is InChI=1S/C19H16N4O2/c1-11-7-12(2)9-13(8-11)18-22-23-19(25-18)21-17(24)15-10-20-16-6-4-3-5-14(15)16/h3-10,20H,1-2H3,(H,21,23,24). The fourth-order valence-electron chi connectivity index (χ4n) is 2.91. The predicted octanol–water partition coefficient (Wildman–Crippen LogP) is 4.09. The number of rotatable bonds is 3. The number of hydrogen-bond donors (Lipinski definition) is 2. The highest BCUT2D eigenvalue weighted by molar-refractivity contribution is 6.12. The SMILES string of the molecule is Cc1cc(C)cc(-c2nnc(NC(=O)c3c[nH]c4ccccc34)o2)c1. The van der Waals surface area contributed by atoms with E-state index in [0.717, 1.165) is 27.6 Å². The third-order valence-electron chi connectivity index (χ3n) is 3.95. The topological polar surface area (TPSA) is 83.8 Å². The van der Waals surface area contributed by atoms with E-state index < -0.39 is 0 Å². The molecule has 0 radical (unpaired) electrons. The van der Waals surface area contributed by atoms with Crippen LogP contribution in [0.1, 0.15) is 21.5 Å². The highest BCUT2D eigenvalue weighted by Gasteiger charge is 2.16. The molecular formula is C19H16N4O2. The van der Waals surface area contributed by atoms with Crippen LogP contribution >= 0.6 is 0 Å². The maximum absolute atomic E-state index is 12.5. The zero-order valence-corrected chi connectivity index (χ0v) is 13.8. The number of para-hydroxylation sites is 1. The maximum atomic E-state index is 12.5. The van der Waals surface area contributed by atoms with Gasteiger partial charge in [-0.05, 0) is 32.0 Å². The first-order valence-electron chi connectivity index (χ1n) is 7.90. The highest BCUT2D eigenvalue weighted by atomic mass is 16.4. The summed E-state index contributed by atoms with van der Waals surface area (Å²) in [6.45, 7) is 4.01. The Morgan fingerprint density at radius 2 is 1.84 bits per heavy atom. The molecule has 6 heteroatoms. The van der Waals surface area contributed by atoms with Gasteiger partial charge in [0.25, 0.3) is 5.91 Å². The number of hydrogen-bond acceptors (Lipinski definition) is 4. The van der Waals surface area contributed by atoms with Gasteiger partial charge in [-0.2, -0.15) is 0 Å². The van der Waals surface area contributed by atoms with Crippen LogP contribution in [0.15, 0.2) is 53.1 Å². The number of nitrogens with zero attached hydrogens (tertiary/aromatic N) is 2. The van der Waals surface area contributed by atoms with Gasteiger partial charge in [0, 0.05) is 22.7 Å². The zero-order valence-electron chi connectivity index (χ0n) is 13.8. The quantitative estimate of drug-likeness (QED) is 0.592. The third kappa shape index (κ3) is 2.89. The van der Waals surface area contributed by atoms with E-state index in [4.69, 9.17) is 4.42 Å². The van der Waals surface area contributed by atoms with Gasteiger partial charge in [0.1, 0.15) is 0 Å². The Balaban J connectivity index is 1.59. The van der Waals surface area contributed by atoms with E-state index >= 15 is 0 Å². The van der Waals surface area contributed by atoms with Gasteiger partial charge in [0.2, 0.25) is 5.89 Å². The molecule has 6 nitrogen and oxygen atoms in total. The minimum Gasteiger partial charge on any atom is -0.403 e. The number of benzene rings is 2. The average Bonchev–Trinajstić information content (AvgIpc) is 3.20. The van der Waals surface area contributed by atoms with Crippen LogP contribution in [0, 0.1) is 13.8 Å². The molecule has 2 heterocycles. The van der Waals surface area contributed by atoms with Crippen molar-refractivity contribution in [1.29, 1.82) is 0 Å². The molecule has 0 fully saturated rings. The number of aromatic amines is 1. The molecule has 2 aromatic carbocycles. The number of carbonyl (C=O) groups excluding carboxylic acids is 1. The second-order valence-electron chi connectivity index (χ2n) is 5.99. The summed E-state index contributed by atoms with van der Waals surface area (Å²) in [5.74, 6) is 0.0779. The number of carbonyl (C=O) groups is 1. The van der Waals surface area contributed by atoms with Crippen molar-refractivity contribution < 1.29 is 9.21 Å². The molecule has 1 amide bonds. The number of aryl methyl sites for hydroxylation is 2. The lowest BCUT2D eigenvalue weighted by atomic mass is 10.1. The fraction of sp³-hybridized carbons (Fsp3) is 0.105. The molecule has 25 heavy (non-hydrogen) atoms. The van der Waals surface area contributed by atoms with Crippen LogP contribution in [0.3, 0.4) is 0 Å². The molecule has 0 saturated carbocycles. The van der Waals surface area contributed by atoms with E-state index in [2.05, 4.69) is 26.6 Å². The Bertz CT molecular complexity index is 1060. The lowest BCUT2D eigenvalue weighted by Crippen LogP contribution is -2.11. The van der Waals surface area contributed by atoms with Gasteiger partial charge in [0.15, 0.2) is 0 Å². The minimum absolute atomic E-state index is 0.0736. The van der Waals surface area contributed by atoms with Crippen LogP contribution in [0.25, 0.3) is 22.4 Å². The maximum Gasteiger partial charge on any atom is 0.322 e. The molecule has 0 spiro atoms. The van der Waals surface area contributed by atoms with Crippen LogP contribution in [0.2, 0.25) is 0 Å². The number of H-pyrrole nitrogens is 1. The molecule has 0 saturated heterocycles. The molecule has 124 valence electrons. The van der Waals surface area contributed by atoms with Crippen molar-refractivity contribution in [2.45, 2.75) is 13.8 Å². The molecule has 0 bridgehead atoms. The molecule has 0 atom stereocenters. The largest absolute Gasteiger partial charge is 0.403 e. The zero-order chi connectivity index (χ0) is 17.4. The number of fused-ring (bicyclic) bond motifs is 1. The van der Waals surface area contributed by atoms with Gasteiger partial charge in [-0.1, -0.05) is 40.5 Å². The highest BCUT2D eigenvalue weighted by Crippen LogP contribution is 2.23. The first-order valence-corrected chi connectivity index (χ1v) is 7.90. The minimum atomic E-state index is -0.298. The fourth-order valence-corrected chi connectivity index (χ4v) is 2.91. The Labute approximate surface area is 143 Å². The van der Waals surface area contributed by atoms with Crippen LogP contribution in [-0.2, 0) is 0 Å². The van der Waals surface area contributed by atoms with Crippen molar-refractivity contribution >= 4 is 22.8 Å². The van der Waals surface area contributed by atoms with Crippen molar-refractivity contribution in [3.05, 3.63) is 65.4 Å². The molecule has 0 aliphatic rings. The Hall–Kier alpha value is -3.41. The number of nitrogens with one attached hydrogen (secondary N) is 2. The van der Waals surface area contributed by atoms with E-state index in [0.29, 0.717) is 11.5 Å². The molecule has 4 rings (SSSR count). The van der Waals surface area contributed by atoms with Crippen LogP contribution in [0.4, 0.5) is 6.01 Å². The van der Waals surface area contributed by atoms with Gasteiger partial charge in [-0.3, -0.25) is 10.1 Å².